The number of aromatic nitrogens is 1. The highest BCUT2D eigenvalue weighted by molar-refractivity contribution is 9.10. The van der Waals surface area contributed by atoms with Crippen molar-refractivity contribution in [1.82, 2.24) is 4.98 Å². The first-order valence-electron chi connectivity index (χ1n) is 8.36. The van der Waals surface area contributed by atoms with E-state index in [9.17, 15) is 4.79 Å². The number of hydrogen-bond donors (Lipinski definition) is 1. The molecule has 0 bridgehead atoms. The first kappa shape index (κ1) is 17.0. The van der Waals surface area contributed by atoms with Crippen molar-refractivity contribution < 1.29 is 4.79 Å². The summed E-state index contributed by atoms with van der Waals surface area (Å²) in [5, 5.41) is 2.87. The first-order valence-corrected chi connectivity index (χ1v) is 9.15. The summed E-state index contributed by atoms with van der Waals surface area (Å²) in [6.07, 6.45) is 4.71. The predicted molar refractivity (Wildman–Crippen MR) is 101 cm³/mol. The summed E-state index contributed by atoms with van der Waals surface area (Å²) >= 11 is 3.47. The van der Waals surface area contributed by atoms with E-state index in [0.717, 1.165) is 34.7 Å². The smallest absolute Gasteiger partial charge is 0.229 e. The number of nitrogens with zero attached hydrogens (tertiary/aromatic N) is 2. The van der Waals surface area contributed by atoms with Gasteiger partial charge in [0.1, 0.15) is 5.82 Å². The van der Waals surface area contributed by atoms with E-state index in [0.29, 0.717) is 12.2 Å². The summed E-state index contributed by atoms with van der Waals surface area (Å²) in [4.78, 5) is 18.9. The van der Waals surface area contributed by atoms with Crippen molar-refractivity contribution in [2.24, 2.45) is 5.92 Å². The number of rotatable bonds is 4. The zero-order valence-electron chi connectivity index (χ0n) is 13.8. The van der Waals surface area contributed by atoms with Crippen LogP contribution in [0, 0.1) is 5.92 Å². The van der Waals surface area contributed by atoms with Gasteiger partial charge in [0.2, 0.25) is 5.91 Å². The molecule has 1 aliphatic rings. The molecule has 0 radical (unpaired) electrons. The summed E-state index contributed by atoms with van der Waals surface area (Å²) in [6.45, 7) is 4.45. The highest BCUT2D eigenvalue weighted by Crippen LogP contribution is 2.23. The van der Waals surface area contributed by atoms with Gasteiger partial charge in [-0.2, -0.15) is 0 Å². The number of carbonyl (C=O) groups excluding carboxylic acids is 1. The molecule has 2 aromatic rings. The lowest BCUT2D eigenvalue weighted by Crippen LogP contribution is -2.34. The van der Waals surface area contributed by atoms with Crippen LogP contribution >= 0.6 is 15.9 Å². The van der Waals surface area contributed by atoms with Gasteiger partial charge < -0.3 is 10.2 Å². The normalized spacial score (nSPS) is 17.6. The minimum absolute atomic E-state index is 0.0613. The van der Waals surface area contributed by atoms with Gasteiger partial charge in [-0.25, -0.2) is 4.98 Å². The molecule has 0 saturated carbocycles. The van der Waals surface area contributed by atoms with Crippen LogP contribution in [0.3, 0.4) is 0 Å². The number of amides is 1. The molecule has 1 amide bonds. The molecule has 1 aliphatic heterocycles. The van der Waals surface area contributed by atoms with Gasteiger partial charge in [-0.3, -0.25) is 4.79 Å². The van der Waals surface area contributed by atoms with Crippen LogP contribution in [-0.2, 0) is 11.2 Å². The number of nitrogens with one attached hydrogen (secondary N) is 1. The third-order valence-corrected chi connectivity index (χ3v) is 5.12. The molecule has 0 aliphatic carbocycles. The molecule has 2 heterocycles. The lowest BCUT2D eigenvalue weighted by atomic mass is 10.00. The fourth-order valence-electron chi connectivity index (χ4n) is 3.07. The van der Waals surface area contributed by atoms with Gasteiger partial charge in [0.25, 0.3) is 0 Å². The Morgan fingerprint density at radius 1 is 1.33 bits per heavy atom. The Morgan fingerprint density at radius 3 is 2.88 bits per heavy atom. The number of hydrogen-bond acceptors (Lipinski definition) is 3. The standard InChI is InChI=1S/C19H22BrN3O/c1-14-5-4-10-23(13-14)16-8-9-18(21-12-16)22-19(24)11-15-6-2-3-7-17(15)20/h2-3,6-9,12,14H,4-5,10-11,13H2,1H3,(H,21,22,24). The molecule has 1 atom stereocenters. The number of halogens is 1. The Bertz CT molecular complexity index is 702. The maximum atomic E-state index is 12.2. The second-order valence-corrected chi connectivity index (χ2v) is 7.27. The highest BCUT2D eigenvalue weighted by Gasteiger charge is 2.17. The van der Waals surface area contributed by atoms with E-state index in [1.165, 1.54) is 12.8 Å². The molecule has 1 unspecified atom stereocenters. The number of carbonyl (C=O) groups is 1. The topological polar surface area (TPSA) is 45.2 Å². The van der Waals surface area contributed by atoms with Crippen molar-refractivity contribution in [3.05, 3.63) is 52.6 Å². The Balaban J connectivity index is 1.59. The molecule has 3 rings (SSSR count). The van der Waals surface area contributed by atoms with Crippen LogP contribution in [0.2, 0.25) is 0 Å². The molecule has 0 spiro atoms. The van der Waals surface area contributed by atoms with E-state index >= 15 is 0 Å². The van der Waals surface area contributed by atoms with Crippen molar-refractivity contribution in [2.75, 3.05) is 23.3 Å². The average Bonchev–Trinajstić information content (AvgIpc) is 2.58. The molecule has 1 aromatic carbocycles. The number of anilines is 2. The summed E-state index contributed by atoms with van der Waals surface area (Å²) in [7, 11) is 0. The maximum Gasteiger partial charge on any atom is 0.229 e. The number of benzene rings is 1. The van der Waals surface area contributed by atoms with Gasteiger partial charge >= 0.3 is 0 Å². The van der Waals surface area contributed by atoms with Gasteiger partial charge in [-0.15, -0.1) is 0 Å². The third-order valence-electron chi connectivity index (χ3n) is 4.35. The van der Waals surface area contributed by atoms with E-state index in [2.05, 4.69) is 38.1 Å². The summed E-state index contributed by atoms with van der Waals surface area (Å²) in [5.41, 5.74) is 2.10. The molecular formula is C19H22BrN3O. The highest BCUT2D eigenvalue weighted by atomic mass is 79.9. The minimum Gasteiger partial charge on any atom is -0.370 e. The first-order chi connectivity index (χ1) is 11.6. The summed E-state index contributed by atoms with van der Waals surface area (Å²) in [5.74, 6) is 1.26. The van der Waals surface area contributed by atoms with Gasteiger partial charge in [-0.05, 0) is 42.5 Å². The molecule has 126 valence electrons. The fraction of sp³-hybridized carbons (Fsp3) is 0.368. The van der Waals surface area contributed by atoms with Crippen LogP contribution < -0.4 is 10.2 Å². The quantitative estimate of drug-likeness (QED) is 0.851. The Hall–Kier alpha value is -1.88. The molecule has 5 heteroatoms. The Labute approximate surface area is 151 Å². The van der Waals surface area contributed by atoms with Gasteiger partial charge in [0.15, 0.2) is 0 Å². The van der Waals surface area contributed by atoms with E-state index in [1.807, 2.05) is 42.6 Å². The van der Waals surface area contributed by atoms with E-state index in [4.69, 9.17) is 0 Å². The second kappa shape index (κ2) is 7.79. The fourth-order valence-corrected chi connectivity index (χ4v) is 3.50. The average molecular weight is 388 g/mol. The zero-order valence-corrected chi connectivity index (χ0v) is 15.4. The largest absolute Gasteiger partial charge is 0.370 e. The maximum absolute atomic E-state index is 12.2. The summed E-state index contributed by atoms with van der Waals surface area (Å²) < 4.78 is 0.947. The van der Waals surface area contributed by atoms with Crippen LogP contribution in [0.4, 0.5) is 11.5 Å². The van der Waals surface area contributed by atoms with E-state index in [1.54, 1.807) is 0 Å². The Morgan fingerprint density at radius 2 is 2.17 bits per heavy atom. The zero-order chi connectivity index (χ0) is 16.9. The monoisotopic (exact) mass is 387 g/mol. The molecule has 24 heavy (non-hydrogen) atoms. The SMILES string of the molecule is CC1CCCN(c2ccc(NC(=O)Cc3ccccc3Br)nc2)C1. The van der Waals surface area contributed by atoms with Crippen molar-refractivity contribution in [1.29, 1.82) is 0 Å². The van der Waals surface area contributed by atoms with E-state index in [-0.39, 0.29) is 5.91 Å². The molecule has 1 N–H and O–H groups in total. The lowest BCUT2D eigenvalue weighted by molar-refractivity contribution is -0.115. The van der Waals surface area contributed by atoms with Crippen molar-refractivity contribution in [3.63, 3.8) is 0 Å². The predicted octanol–water partition coefficient (Wildman–Crippen LogP) is 4.26. The molecule has 1 fully saturated rings. The molecule has 4 nitrogen and oxygen atoms in total. The second-order valence-electron chi connectivity index (χ2n) is 6.41. The number of piperidine rings is 1. The van der Waals surface area contributed by atoms with Crippen LogP contribution in [0.15, 0.2) is 47.1 Å². The van der Waals surface area contributed by atoms with Crippen molar-refractivity contribution in [2.45, 2.75) is 26.2 Å². The van der Waals surface area contributed by atoms with Crippen molar-refractivity contribution in [3.8, 4) is 0 Å². The molecule has 1 aromatic heterocycles. The minimum atomic E-state index is -0.0613. The van der Waals surface area contributed by atoms with Crippen LogP contribution in [-0.4, -0.2) is 24.0 Å². The number of pyridine rings is 1. The van der Waals surface area contributed by atoms with Gasteiger partial charge in [-0.1, -0.05) is 41.1 Å². The van der Waals surface area contributed by atoms with Gasteiger partial charge in [0, 0.05) is 17.6 Å². The third kappa shape index (κ3) is 4.35. The van der Waals surface area contributed by atoms with Crippen LogP contribution in [0.1, 0.15) is 25.3 Å². The molecular weight excluding hydrogens is 366 g/mol. The molecule has 1 saturated heterocycles. The summed E-state index contributed by atoms with van der Waals surface area (Å²) in [6, 6.07) is 11.7. The van der Waals surface area contributed by atoms with E-state index < -0.39 is 0 Å². The Kier molecular flexibility index (Phi) is 5.51. The van der Waals surface area contributed by atoms with Crippen molar-refractivity contribution >= 4 is 33.3 Å². The van der Waals surface area contributed by atoms with Crippen LogP contribution in [0.25, 0.3) is 0 Å². The lowest BCUT2D eigenvalue weighted by Gasteiger charge is -2.32. The van der Waals surface area contributed by atoms with Crippen LogP contribution in [0.5, 0.6) is 0 Å². The van der Waals surface area contributed by atoms with Gasteiger partial charge in [0.05, 0.1) is 18.3 Å².